The van der Waals surface area contributed by atoms with Crippen LogP contribution in [0.2, 0.25) is 0 Å². The number of hydrogen-bond donors (Lipinski definition) is 1. The van der Waals surface area contributed by atoms with E-state index in [0.717, 1.165) is 29.7 Å². The summed E-state index contributed by atoms with van der Waals surface area (Å²) < 4.78 is 13.9. The van der Waals surface area contributed by atoms with Crippen LogP contribution in [0.15, 0.2) is 48.8 Å². The normalized spacial score (nSPS) is 16.8. The molecule has 0 aliphatic carbocycles. The highest BCUT2D eigenvalue weighted by atomic mass is 19.1. The van der Waals surface area contributed by atoms with Crippen molar-refractivity contribution in [2.75, 3.05) is 11.4 Å². The molecule has 28 heavy (non-hydrogen) atoms. The van der Waals surface area contributed by atoms with E-state index >= 15 is 0 Å². The molecule has 1 fully saturated rings. The number of carbonyl (C=O) groups excluding carboxylic acids is 1. The highest BCUT2D eigenvalue weighted by molar-refractivity contribution is 5.95. The second-order valence-corrected chi connectivity index (χ2v) is 6.81. The topological polar surface area (TPSA) is 66.2 Å². The maximum Gasteiger partial charge on any atom is 0.231 e. The van der Waals surface area contributed by atoms with Crippen molar-refractivity contribution >= 4 is 17.4 Å². The van der Waals surface area contributed by atoms with E-state index in [1.54, 1.807) is 23.4 Å². The number of amides is 1. The van der Waals surface area contributed by atoms with Crippen molar-refractivity contribution in [2.45, 2.75) is 19.3 Å². The van der Waals surface area contributed by atoms with Gasteiger partial charge in [0.2, 0.25) is 11.6 Å². The fraction of sp³-hybridized carbons (Fsp3) is 0.238. The number of nitrogens with one attached hydrogen (secondary N) is 1. The summed E-state index contributed by atoms with van der Waals surface area (Å²) in [6.45, 7) is 7.55. The van der Waals surface area contributed by atoms with Gasteiger partial charge < -0.3 is 0 Å². The van der Waals surface area contributed by atoms with Gasteiger partial charge in [-0.25, -0.2) is 9.24 Å². The average Bonchev–Trinajstić information content (AvgIpc) is 3.20. The maximum absolute atomic E-state index is 13.9. The molecule has 0 bridgehead atoms. The van der Waals surface area contributed by atoms with Gasteiger partial charge >= 0.3 is 0 Å². The molecule has 1 aliphatic heterocycles. The number of benzene rings is 1. The Kier molecular flexibility index (Phi) is 4.85. The number of carbonyl (C=O) groups is 1. The zero-order valence-electron chi connectivity index (χ0n) is 15.1. The van der Waals surface area contributed by atoms with Gasteiger partial charge in [-0.15, -0.1) is 0 Å². The number of H-pyrrole nitrogens is 1. The van der Waals surface area contributed by atoms with Gasteiger partial charge in [0.25, 0.3) is 0 Å². The minimum absolute atomic E-state index is 0.000473. The maximum atomic E-state index is 13.9. The number of nitrogens with zero attached hydrogens (tertiary/aromatic N) is 4. The zero-order valence-corrected chi connectivity index (χ0v) is 15.1. The summed E-state index contributed by atoms with van der Waals surface area (Å²) in [5, 5.41) is 7.29. The van der Waals surface area contributed by atoms with Gasteiger partial charge in [0.1, 0.15) is 5.82 Å². The van der Waals surface area contributed by atoms with Gasteiger partial charge in [0.15, 0.2) is 5.82 Å². The van der Waals surface area contributed by atoms with Crippen molar-refractivity contribution in [3.8, 4) is 11.3 Å². The van der Waals surface area contributed by atoms with E-state index in [4.69, 9.17) is 6.57 Å². The lowest BCUT2D eigenvalue weighted by molar-refractivity contribution is -0.123. The fourth-order valence-corrected chi connectivity index (χ4v) is 3.55. The fourth-order valence-electron chi connectivity index (χ4n) is 3.55. The van der Waals surface area contributed by atoms with Crippen molar-refractivity contribution in [2.24, 2.45) is 5.92 Å². The Morgan fingerprint density at radius 2 is 2.07 bits per heavy atom. The molecule has 0 saturated carbocycles. The van der Waals surface area contributed by atoms with Gasteiger partial charge in [-0.2, -0.15) is 5.10 Å². The molecule has 1 amide bonds. The predicted octanol–water partition coefficient (Wildman–Crippen LogP) is 4.15. The molecule has 4 rings (SSSR count). The number of hydrogen-bond acceptors (Lipinski definition) is 3. The molecule has 1 aliphatic rings. The molecule has 1 aromatic carbocycles. The van der Waals surface area contributed by atoms with Crippen LogP contribution in [0.1, 0.15) is 18.4 Å². The monoisotopic (exact) mass is 375 g/mol. The van der Waals surface area contributed by atoms with Crippen LogP contribution in [0.3, 0.4) is 0 Å². The zero-order chi connectivity index (χ0) is 19.5. The van der Waals surface area contributed by atoms with Gasteiger partial charge in [0, 0.05) is 36.5 Å². The van der Waals surface area contributed by atoms with Crippen LogP contribution in [-0.2, 0) is 11.2 Å². The van der Waals surface area contributed by atoms with E-state index in [0.29, 0.717) is 18.8 Å². The molecule has 0 radical (unpaired) electrons. The lowest BCUT2D eigenvalue weighted by Gasteiger charge is -2.30. The Morgan fingerprint density at radius 1 is 1.25 bits per heavy atom. The summed E-state index contributed by atoms with van der Waals surface area (Å²) in [4.78, 5) is 21.8. The number of anilines is 1. The van der Waals surface area contributed by atoms with Crippen LogP contribution in [-0.4, -0.2) is 27.6 Å². The molecule has 1 N–H and O–H groups in total. The molecule has 1 atom stereocenters. The van der Waals surface area contributed by atoms with E-state index in [2.05, 4.69) is 20.0 Å². The van der Waals surface area contributed by atoms with E-state index in [1.165, 1.54) is 12.1 Å². The smallest absolute Gasteiger partial charge is 0.231 e. The first-order valence-electron chi connectivity index (χ1n) is 9.09. The van der Waals surface area contributed by atoms with E-state index in [-0.39, 0.29) is 17.5 Å². The van der Waals surface area contributed by atoms with Crippen LogP contribution < -0.4 is 4.90 Å². The Morgan fingerprint density at radius 3 is 2.82 bits per heavy atom. The molecule has 3 aromatic rings. The minimum Gasteiger partial charge on any atom is -0.295 e. The summed E-state index contributed by atoms with van der Waals surface area (Å²) >= 11 is 0. The molecule has 1 saturated heterocycles. The third kappa shape index (κ3) is 3.49. The first-order valence-corrected chi connectivity index (χ1v) is 9.09. The molecule has 140 valence electrons. The predicted molar refractivity (Wildman–Crippen MR) is 103 cm³/mol. The number of aromatic nitrogens is 3. The Bertz CT molecular complexity index is 1040. The van der Waals surface area contributed by atoms with Crippen LogP contribution in [0.5, 0.6) is 0 Å². The molecular formula is C21H18FN5O. The van der Waals surface area contributed by atoms with Gasteiger partial charge in [-0.05, 0) is 43.0 Å². The van der Waals surface area contributed by atoms with Crippen molar-refractivity contribution in [3.63, 3.8) is 0 Å². The number of rotatable bonds is 4. The molecule has 6 nitrogen and oxygen atoms in total. The number of aromatic amines is 1. The minimum atomic E-state index is -0.540. The van der Waals surface area contributed by atoms with Crippen LogP contribution in [0.25, 0.3) is 16.1 Å². The Labute approximate surface area is 161 Å². The number of piperidine rings is 1. The largest absolute Gasteiger partial charge is 0.295 e. The van der Waals surface area contributed by atoms with E-state index < -0.39 is 5.82 Å². The number of halogens is 1. The number of pyridine rings is 1. The quantitative estimate of drug-likeness (QED) is 0.697. The highest BCUT2D eigenvalue weighted by Gasteiger charge is 2.31. The van der Waals surface area contributed by atoms with E-state index in [1.807, 2.05) is 18.2 Å². The first-order chi connectivity index (χ1) is 13.7. The molecule has 3 heterocycles. The third-order valence-corrected chi connectivity index (χ3v) is 5.00. The molecule has 7 heteroatoms. The Hall–Kier alpha value is -3.53. The second-order valence-electron chi connectivity index (χ2n) is 6.81. The van der Waals surface area contributed by atoms with Crippen molar-refractivity contribution in [1.82, 2.24) is 15.2 Å². The van der Waals surface area contributed by atoms with Crippen molar-refractivity contribution < 1.29 is 9.18 Å². The molecule has 0 spiro atoms. The van der Waals surface area contributed by atoms with Gasteiger partial charge in [-0.3, -0.25) is 19.8 Å². The summed E-state index contributed by atoms with van der Waals surface area (Å²) in [7, 11) is 0. The second kappa shape index (κ2) is 7.61. The van der Waals surface area contributed by atoms with Crippen molar-refractivity contribution in [1.29, 1.82) is 0 Å². The standard InChI is InChI=1S/C21H18FN5O/c1-23-18-5-4-14(12-17(18)22)11-16-3-2-10-27(21(16)28)20-13-19(25-26-20)15-6-8-24-9-7-15/h4-9,12-13,16H,2-3,10-11H2,(H,25,26). The van der Waals surface area contributed by atoms with Crippen LogP contribution in [0, 0.1) is 18.3 Å². The lowest BCUT2D eigenvalue weighted by atomic mass is 9.90. The SMILES string of the molecule is [C-]#[N+]c1ccc(CC2CCCN(c3cc(-c4ccncc4)[nH]n3)C2=O)cc1F. The summed E-state index contributed by atoms with van der Waals surface area (Å²) in [5.41, 5.74) is 2.50. The van der Waals surface area contributed by atoms with Gasteiger partial charge in [-0.1, -0.05) is 12.1 Å². The van der Waals surface area contributed by atoms with Gasteiger partial charge in [0.05, 0.1) is 12.3 Å². The third-order valence-electron chi connectivity index (χ3n) is 5.00. The molecule has 1 unspecified atom stereocenters. The van der Waals surface area contributed by atoms with Crippen molar-refractivity contribution in [3.05, 3.63) is 71.6 Å². The first kappa shape index (κ1) is 17.9. The summed E-state index contributed by atoms with van der Waals surface area (Å²) in [6, 6.07) is 10.2. The summed E-state index contributed by atoms with van der Waals surface area (Å²) in [5.74, 6) is -0.181. The molecular weight excluding hydrogens is 357 g/mol. The average molecular weight is 375 g/mol. The lowest BCUT2D eigenvalue weighted by Crippen LogP contribution is -2.42. The van der Waals surface area contributed by atoms with Crippen LogP contribution in [0.4, 0.5) is 15.9 Å². The molecule has 2 aromatic heterocycles. The van der Waals surface area contributed by atoms with E-state index in [9.17, 15) is 9.18 Å². The highest BCUT2D eigenvalue weighted by Crippen LogP contribution is 2.29. The Balaban J connectivity index is 1.51. The van der Waals surface area contributed by atoms with Crippen LogP contribution >= 0.6 is 0 Å². The summed E-state index contributed by atoms with van der Waals surface area (Å²) in [6.07, 6.45) is 5.47.